The molecular weight excluding hydrogens is 518 g/mol. The predicted molar refractivity (Wildman–Crippen MR) is 150 cm³/mol. The van der Waals surface area contributed by atoms with E-state index in [1.54, 1.807) is 27.7 Å². The number of esters is 1. The Morgan fingerprint density at radius 1 is 1.18 bits per heavy atom. The van der Waals surface area contributed by atoms with Crippen LogP contribution in [0.1, 0.15) is 75.8 Å². The van der Waals surface area contributed by atoms with Crippen molar-refractivity contribution in [2.75, 3.05) is 25.1 Å². The van der Waals surface area contributed by atoms with Crippen LogP contribution >= 0.6 is 0 Å². The fourth-order valence-corrected chi connectivity index (χ4v) is 5.22. The van der Waals surface area contributed by atoms with Crippen LogP contribution in [-0.2, 0) is 33.5 Å². The van der Waals surface area contributed by atoms with Crippen LogP contribution in [0.5, 0.6) is 0 Å². The number of aryl methyl sites for hydroxylation is 2. The maximum atomic E-state index is 15.2. The molecule has 7 nitrogen and oxygen atoms in total. The lowest BCUT2D eigenvalue weighted by Crippen LogP contribution is -2.41. The first-order chi connectivity index (χ1) is 18.9. The Kier molecular flexibility index (Phi) is 10.7. The number of anilines is 1. The molecule has 0 bridgehead atoms. The standard InChI is InChI=1S/C31H42F2N2O5/c1-7-19-12-13-20-10-9-11-26(23(20)14-19)34-18-27(36)24(29(37)39-6)16-21-15-22(32)17-25(33)28(21)35(8-2)30(38)40-31(3,4)5/h12-15,17,24,26-27,34,36H,7-11,16,18H2,1-6H3. The molecule has 3 atom stereocenters. The molecule has 3 rings (SSSR count). The minimum Gasteiger partial charge on any atom is -0.469 e. The zero-order valence-electron chi connectivity index (χ0n) is 24.4. The van der Waals surface area contributed by atoms with E-state index in [1.807, 2.05) is 0 Å². The van der Waals surface area contributed by atoms with Crippen LogP contribution in [0, 0.1) is 17.6 Å². The summed E-state index contributed by atoms with van der Waals surface area (Å²) in [6.45, 7) is 8.90. The Hall–Kier alpha value is -3.04. The van der Waals surface area contributed by atoms with Crippen LogP contribution in [0.25, 0.3) is 0 Å². The lowest BCUT2D eigenvalue weighted by molar-refractivity contribution is -0.149. The van der Waals surface area contributed by atoms with Crippen LogP contribution in [0.2, 0.25) is 0 Å². The number of amides is 1. The van der Waals surface area contributed by atoms with Crippen molar-refractivity contribution < 1.29 is 33.0 Å². The third-order valence-corrected chi connectivity index (χ3v) is 7.22. The molecule has 0 saturated carbocycles. The van der Waals surface area contributed by atoms with Crippen LogP contribution in [0.3, 0.4) is 0 Å². The molecule has 40 heavy (non-hydrogen) atoms. The van der Waals surface area contributed by atoms with Gasteiger partial charge in [0.1, 0.15) is 17.2 Å². The number of nitrogens with zero attached hydrogens (tertiary/aromatic N) is 1. The number of methoxy groups -OCH3 is 1. The molecule has 0 aromatic heterocycles. The number of hydrogen-bond acceptors (Lipinski definition) is 6. The number of fused-ring (bicyclic) bond motifs is 1. The summed E-state index contributed by atoms with van der Waals surface area (Å²) in [5.74, 6) is -3.69. The van der Waals surface area contributed by atoms with Crippen LogP contribution in [0.4, 0.5) is 19.3 Å². The maximum absolute atomic E-state index is 15.2. The van der Waals surface area contributed by atoms with Crippen molar-refractivity contribution in [3.8, 4) is 0 Å². The summed E-state index contributed by atoms with van der Waals surface area (Å²) in [4.78, 5) is 26.8. The summed E-state index contributed by atoms with van der Waals surface area (Å²) in [7, 11) is 1.20. The third-order valence-electron chi connectivity index (χ3n) is 7.22. The van der Waals surface area contributed by atoms with Gasteiger partial charge in [-0.3, -0.25) is 9.69 Å². The number of aliphatic hydroxyl groups excluding tert-OH is 1. The topological polar surface area (TPSA) is 88.1 Å². The fraction of sp³-hybridized carbons (Fsp3) is 0.548. The van der Waals surface area contributed by atoms with Gasteiger partial charge in [-0.1, -0.05) is 25.1 Å². The second-order valence-electron chi connectivity index (χ2n) is 11.3. The minimum absolute atomic E-state index is 0.00752. The predicted octanol–water partition coefficient (Wildman–Crippen LogP) is 5.65. The second-order valence-corrected chi connectivity index (χ2v) is 11.3. The molecule has 1 aliphatic rings. The highest BCUT2D eigenvalue weighted by molar-refractivity contribution is 5.89. The quantitative estimate of drug-likeness (QED) is 0.365. The summed E-state index contributed by atoms with van der Waals surface area (Å²) in [5.41, 5.74) is 2.70. The van der Waals surface area contributed by atoms with E-state index in [0.29, 0.717) is 6.07 Å². The van der Waals surface area contributed by atoms with Gasteiger partial charge in [-0.25, -0.2) is 13.6 Å². The number of halogens is 2. The highest BCUT2D eigenvalue weighted by Crippen LogP contribution is 2.33. The molecule has 3 unspecified atom stereocenters. The van der Waals surface area contributed by atoms with Crippen molar-refractivity contribution in [2.45, 2.75) is 84.5 Å². The second kappa shape index (κ2) is 13.5. The molecule has 1 amide bonds. The van der Waals surface area contributed by atoms with Crippen molar-refractivity contribution in [1.29, 1.82) is 0 Å². The Bertz CT molecular complexity index is 1200. The number of ether oxygens (including phenoxy) is 2. The highest BCUT2D eigenvalue weighted by Gasteiger charge is 2.33. The van der Waals surface area contributed by atoms with Crippen LogP contribution in [0.15, 0.2) is 30.3 Å². The maximum Gasteiger partial charge on any atom is 0.414 e. The molecule has 2 aromatic carbocycles. The molecular formula is C31H42F2N2O5. The summed E-state index contributed by atoms with van der Waals surface area (Å²) in [6.07, 6.45) is 1.51. The largest absolute Gasteiger partial charge is 0.469 e. The van der Waals surface area contributed by atoms with Gasteiger partial charge in [0.05, 0.1) is 24.8 Å². The summed E-state index contributed by atoms with van der Waals surface area (Å²) in [5, 5.41) is 14.6. The molecule has 0 saturated heterocycles. The van der Waals surface area contributed by atoms with Gasteiger partial charge in [0.2, 0.25) is 0 Å². The number of aliphatic hydroxyl groups is 1. The Labute approximate surface area is 235 Å². The molecule has 0 spiro atoms. The van der Waals surface area contributed by atoms with E-state index in [4.69, 9.17) is 9.47 Å². The molecule has 0 heterocycles. The average Bonchev–Trinajstić information content (AvgIpc) is 2.90. The number of rotatable bonds is 10. The first-order valence-electron chi connectivity index (χ1n) is 14.0. The van der Waals surface area contributed by atoms with Crippen molar-refractivity contribution in [1.82, 2.24) is 5.32 Å². The molecule has 0 fully saturated rings. The van der Waals surface area contributed by atoms with Gasteiger partial charge in [0.25, 0.3) is 0 Å². The highest BCUT2D eigenvalue weighted by atomic mass is 19.1. The van der Waals surface area contributed by atoms with Crippen LogP contribution < -0.4 is 10.2 Å². The van der Waals surface area contributed by atoms with Crippen LogP contribution in [-0.4, -0.2) is 49.1 Å². The first-order valence-corrected chi connectivity index (χ1v) is 14.0. The lowest BCUT2D eigenvalue weighted by Gasteiger charge is -2.31. The van der Waals surface area contributed by atoms with Gasteiger partial charge in [0.15, 0.2) is 0 Å². The third kappa shape index (κ3) is 7.79. The number of carbonyl (C=O) groups is 2. The van der Waals surface area contributed by atoms with E-state index in [2.05, 4.69) is 30.4 Å². The average molecular weight is 561 g/mol. The summed E-state index contributed by atoms with van der Waals surface area (Å²) >= 11 is 0. The van der Waals surface area contributed by atoms with E-state index in [9.17, 15) is 19.1 Å². The van der Waals surface area contributed by atoms with E-state index in [1.165, 1.54) is 23.8 Å². The lowest BCUT2D eigenvalue weighted by atomic mass is 9.85. The summed E-state index contributed by atoms with van der Waals surface area (Å²) < 4.78 is 40.0. The molecule has 0 aliphatic heterocycles. The summed E-state index contributed by atoms with van der Waals surface area (Å²) in [6, 6.07) is 8.24. The Morgan fingerprint density at radius 2 is 1.90 bits per heavy atom. The van der Waals surface area contributed by atoms with Gasteiger partial charge in [-0.15, -0.1) is 0 Å². The number of nitrogens with one attached hydrogen (secondary N) is 1. The van der Waals surface area contributed by atoms with Gasteiger partial charge in [-0.2, -0.15) is 0 Å². The zero-order chi connectivity index (χ0) is 29.6. The van der Waals surface area contributed by atoms with Gasteiger partial charge in [0, 0.05) is 25.2 Å². The normalized spacial score (nSPS) is 16.6. The van der Waals surface area contributed by atoms with Crippen molar-refractivity contribution >= 4 is 17.7 Å². The van der Waals surface area contributed by atoms with Gasteiger partial charge in [-0.05, 0) is 88.1 Å². The van der Waals surface area contributed by atoms with E-state index < -0.39 is 41.3 Å². The monoisotopic (exact) mass is 560 g/mol. The van der Waals surface area contributed by atoms with Crippen molar-refractivity contribution in [2.24, 2.45) is 5.92 Å². The smallest absolute Gasteiger partial charge is 0.414 e. The minimum atomic E-state index is -1.22. The SMILES string of the molecule is CCc1ccc2c(c1)C(NCC(O)C(Cc1cc(F)cc(F)c1N(CC)C(=O)OC(C)(C)C)C(=O)OC)CCC2. The van der Waals surface area contributed by atoms with Crippen molar-refractivity contribution in [3.05, 3.63) is 64.2 Å². The van der Waals surface area contributed by atoms with Gasteiger partial charge >= 0.3 is 12.1 Å². The molecule has 0 radical (unpaired) electrons. The zero-order valence-corrected chi connectivity index (χ0v) is 24.4. The van der Waals surface area contributed by atoms with Crippen molar-refractivity contribution in [3.63, 3.8) is 0 Å². The molecule has 220 valence electrons. The number of hydrogen-bond donors (Lipinski definition) is 2. The van der Waals surface area contributed by atoms with E-state index >= 15 is 4.39 Å². The molecule has 9 heteroatoms. The Balaban J connectivity index is 1.87. The first kappa shape index (κ1) is 31.5. The molecule has 2 N–H and O–H groups in total. The Morgan fingerprint density at radius 3 is 2.52 bits per heavy atom. The number of benzene rings is 2. The molecule has 2 aromatic rings. The fourth-order valence-electron chi connectivity index (χ4n) is 5.22. The van der Waals surface area contributed by atoms with E-state index in [-0.39, 0.29) is 36.8 Å². The van der Waals surface area contributed by atoms with E-state index in [0.717, 1.165) is 36.6 Å². The molecule has 1 aliphatic carbocycles. The van der Waals surface area contributed by atoms with Gasteiger partial charge < -0.3 is 19.9 Å². The number of carbonyl (C=O) groups excluding carboxylic acids is 2.